The molecule has 3 aromatic rings. The van der Waals surface area contributed by atoms with Crippen LogP contribution in [-0.2, 0) is 9.59 Å². The van der Waals surface area contributed by atoms with E-state index in [1.54, 1.807) is 44.2 Å². The normalized spacial score (nSPS) is 17.4. The van der Waals surface area contributed by atoms with Crippen LogP contribution in [-0.4, -0.2) is 23.9 Å². The molecule has 0 bridgehead atoms. The topological polar surface area (TPSA) is 66.8 Å². The molecule has 0 aliphatic carbocycles. The highest BCUT2D eigenvalue weighted by Gasteiger charge is 2.47. The highest BCUT2D eigenvalue weighted by Crippen LogP contribution is 2.43. The number of aliphatic hydroxyl groups excluding tert-OH is 1. The lowest BCUT2D eigenvalue weighted by Gasteiger charge is -2.26. The van der Waals surface area contributed by atoms with Crippen LogP contribution in [0.2, 0.25) is 0 Å². The monoisotopic (exact) mass is 463 g/mol. The zero-order valence-electron chi connectivity index (χ0n) is 19.1. The molecule has 174 valence electrons. The van der Waals surface area contributed by atoms with Gasteiger partial charge in [-0.15, -0.1) is 0 Å². The first kappa shape index (κ1) is 23.2. The molecular weight excluding hydrogens is 440 g/mol. The zero-order chi connectivity index (χ0) is 24.7. The number of Topliss-reactive ketones (excluding diaryl/α,β-unsaturated/α-hetero) is 1. The van der Waals surface area contributed by atoms with Gasteiger partial charge in [-0.25, -0.2) is 8.78 Å². The molecule has 7 heteroatoms. The summed E-state index contributed by atoms with van der Waals surface area (Å²) in [6.07, 6.45) is 0. The molecule has 0 aromatic heterocycles. The molecule has 0 saturated carbocycles. The van der Waals surface area contributed by atoms with E-state index in [2.05, 4.69) is 0 Å². The second-order valence-electron chi connectivity index (χ2n) is 8.32. The number of nitrogens with zero attached hydrogens (tertiary/aromatic N) is 1. The largest absolute Gasteiger partial charge is 0.507 e. The smallest absolute Gasteiger partial charge is 0.300 e. The zero-order valence-corrected chi connectivity index (χ0v) is 19.1. The molecule has 4 rings (SSSR count). The Bertz CT molecular complexity index is 1360. The van der Waals surface area contributed by atoms with Crippen LogP contribution in [0, 0.1) is 32.4 Å². The number of aliphatic hydroxyl groups is 1. The summed E-state index contributed by atoms with van der Waals surface area (Å²) in [6, 6.07) is 12.5. The Kier molecular flexibility index (Phi) is 5.96. The van der Waals surface area contributed by atoms with Crippen LogP contribution in [0.5, 0.6) is 5.75 Å². The fraction of sp³-hybridized carbons (Fsp3) is 0.185. The summed E-state index contributed by atoms with van der Waals surface area (Å²) in [6.45, 7) is 5.40. The SMILES string of the molecule is COc1cc(C)c(/C(O)=C2\C(=O)C(=O)N(c3ccc(F)c(F)c3)C2c2cccc(C)c2)cc1C. The molecule has 1 heterocycles. The van der Waals surface area contributed by atoms with Gasteiger partial charge in [-0.1, -0.05) is 29.8 Å². The summed E-state index contributed by atoms with van der Waals surface area (Å²) in [5, 5.41) is 11.3. The third-order valence-corrected chi connectivity index (χ3v) is 5.98. The van der Waals surface area contributed by atoms with E-state index in [-0.39, 0.29) is 17.0 Å². The number of benzene rings is 3. The number of ketones is 1. The molecule has 34 heavy (non-hydrogen) atoms. The Morgan fingerprint density at radius 2 is 1.68 bits per heavy atom. The predicted molar refractivity (Wildman–Crippen MR) is 125 cm³/mol. The van der Waals surface area contributed by atoms with Gasteiger partial charge in [-0.05, 0) is 61.7 Å². The van der Waals surface area contributed by atoms with Crippen LogP contribution in [0.3, 0.4) is 0 Å². The van der Waals surface area contributed by atoms with E-state index in [9.17, 15) is 23.5 Å². The van der Waals surface area contributed by atoms with Crippen molar-refractivity contribution in [3.05, 3.63) is 99.6 Å². The van der Waals surface area contributed by atoms with Crippen molar-refractivity contribution in [3.63, 3.8) is 0 Å². The van der Waals surface area contributed by atoms with Crippen molar-refractivity contribution in [2.75, 3.05) is 12.0 Å². The second kappa shape index (κ2) is 8.74. The van der Waals surface area contributed by atoms with E-state index < -0.39 is 29.4 Å². The Balaban J connectivity index is 1.99. The Labute approximate surface area is 195 Å². The van der Waals surface area contributed by atoms with E-state index >= 15 is 0 Å². The lowest BCUT2D eigenvalue weighted by molar-refractivity contribution is -0.132. The molecule has 1 saturated heterocycles. The summed E-state index contributed by atoms with van der Waals surface area (Å²) in [4.78, 5) is 27.5. The Morgan fingerprint density at radius 1 is 0.941 bits per heavy atom. The van der Waals surface area contributed by atoms with Crippen molar-refractivity contribution < 1.29 is 28.2 Å². The van der Waals surface area contributed by atoms with Gasteiger partial charge in [-0.2, -0.15) is 0 Å². The summed E-state index contributed by atoms with van der Waals surface area (Å²) in [5.74, 6) is -3.81. The van der Waals surface area contributed by atoms with Crippen molar-refractivity contribution in [3.8, 4) is 5.75 Å². The standard InChI is InChI=1S/C27H23F2NO4/c1-14-6-5-7-17(10-14)24-23(25(31)19-11-16(3)22(34-4)12-15(19)2)26(32)27(33)30(24)18-8-9-20(28)21(29)13-18/h5-13,24,31H,1-4H3/b25-23+. The lowest BCUT2D eigenvalue weighted by Crippen LogP contribution is -2.29. The van der Waals surface area contributed by atoms with Crippen LogP contribution in [0.4, 0.5) is 14.5 Å². The minimum Gasteiger partial charge on any atom is -0.507 e. The minimum absolute atomic E-state index is 0.00851. The molecule has 0 radical (unpaired) electrons. The molecule has 0 spiro atoms. The van der Waals surface area contributed by atoms with Crippen molar-refractivity contribution in [1.29, 1.82) is 0 Å². The molecule has 1 fully saturated rings. The van der Waals surface area contributed by atoms with Crippen molar-refractivity contribution in [2.45, 2.75) is 26.8 Å². The van der Waals surface area contributed by atoms with Gasteiger partial charge in [0.25, 0.3) is 11.7 Å². The molecule has 1 aliphatic rings. The first-order valence-electron chi connectivity index (χ1n) is 10.6. The first-order chi connectivity index (χ1) is 16.1. The van der Waals surface area contributed by atoms with Crippen molar-refractivity contribution >= 4 is 23.1 Å². The predicted octanol–water partition coefficient (Wildman–Crippen LogP) is 5.52. The van der Waals surface area contributed by atoms with Crippen molar-refractivity contribution in [2.24, 2.45) is 0 Å². The molecule has 1 N–H and O–H groups in total. The van der Waals surface area contributed by atoms with Crippen LogP contribution < -0.4 is 9.64 Å². The highest BCUT2D eigenvalue weighted by atomic mass is 19.2. The number of ether oxygens (including phenoxy) is 1. The second-order valence-corrected chi connectivity index (χ2v) is 8.32. The van der Waals surface area contributed by atoms with Gasteiger partial charge in [0.15, 0.2) is 11.6 Å². The fourth-order valence-electron chi connectivity index (χ4n) is 4.30. The number of rotatable bonds is 4. The average molecular weight is 463 g/mol. The number of carbonyl (C=O) groups is 2. The fourth-order valence-corrected chi connectivity index (χ4v) is 4.30. The number of amides is 1. The van der Waals surface area contributed by atoms with Crippen molar-refractivity contribution in [1.82, 2.24) is 0 Å². The molecule has 1 aliphatic heterocycles. The Hall–Kier alpha value is -4.00. The number of halogens is 2. The van der Waals surface area contributed by atoms with Gasteiger partial charge < -0.3 is 9.84 Å². The quantitative estimate of drug-likeness (QED) is 0.314. The molecule has 3 aromatic carbocycles. The number of anilines is 1. The van der Waals surface area contributed by atoms with Crippen LogP contribution >= 0.6 is 0 Å². The number of aryl methyl sites for hydroxylation is 3. The third-order valence-electron chi connectivity index (χ3n) is 5.98. The summed E-state index contributed by atoms with van der Waals surface area (Å²) in [7, 11) is 1.53. The van der Waals surface area contributed by atoms with Gasteiger partial charge in [0.2, 0.25) is 0 Å². The maximum absolute atomic E-state index is 14.1. The third kappa shape index (κ3) is 3.83. The van der Waals surface area contributed by atoms with Gasteiger partial charge in [0.1, 0.15) is 11.5 Å². The number of carbonyl (C=O) groups excluding carboxylic acids is 2. The summed E-state index contributed by atoms with van der Waals surface area (Å²) >= 11 is 0. The van der Waals surface area contributed by atoms with Gasteiger partial charge >= 0.3 is 0 Å². The van der Waals surface area contributed by atoms with E-state index in [0.29, 0.717) is 22.4 Å². The molecular formula is C27H23F2NO4. The highest BCUT2D eigenvalue weighted by molar-refractivity contribution is 6.51. The molecule has 1 amide bonds. The Morgan fingerprint density at radius 3 is 2.32 bits per heavy atom. The van der Waals surface area contributed by atoms with Crippen LogP contribution in [0.15, 0.2) is 60.2 Å². The van der Waals surface area contributed by atoms with Gasteiger partial charge in [0.05, 0.1) is 18.7 Å². The number of hydrogen-bond acceptors (Lipinski definition) is 4. The van der Waals surface area contributed by atoms with Crippen LogP contribution in [0.25, 0.3) is 5.76 Å². The number of hydrogen-bond donors (Lipinski definition) is 1. The lowest BCUT2D eigenvalue weighted by atomic mass is 9.92. The summed E-state index contributed by atoms with van der Waals surface area (Å²) in [5.41, 5.74) is 3.04. The van der Waals surface area contributed by atoms with E-state index in [4.69, 9.17) is 4.74 Å². The van der Waals surface area contributed by atoms with E-state index in [1.165, 1.54) is 13.2 Å². The van der Waals surface area contributed by atoms with Gasteiger partial charge in [-0.3, -0.25) is 14.5 Å². The molecule has 1 atom stereocenters. The average Bonchev–Trinajstić information content (AvgIpc) is 3.07. The van der Waals surface area contributed by atoms with E-state index in [0.717, 1.165) is 28.2 Å². The molecule has 1 unspecified atom stereocenters. The maximum atomic E-state index is 14.1. The van der Waals surface area contributed by atoms with Gasteiger partial charge in [0, 0.05) is 17.3 Å². The minimum atomic E-state index is -1.15. The van der Waals surface area contributed by atoms with Crippen LogP contribution in [0.1, 0.15) is 33.9 Å². The first-order valence-corrected chi connectivity index (χ1v) is 10.6. The summed E-state index contributed by atoms with van der Waals surface area (Å²) < 4.78 is 33.0. The maximum Gasteiger partial charge on any atom is 0.300 e. The molecule has 5 nitrogen and oxygen atoms in total. The van der Waals surface area contributed by atoms with E-state index in [1.807, 2.05) is 13.0 Å². The number of methoxy groups -OCH3 is 1.